The summed E-state index contributed by atoms with van der Waals surface area (Å²) in [6.45, 7) is 2.38. The molecule has 94 valence electrons. The molecule has 3 nitrogen and oxygen atoms in total. The van der Waals surface area contributed by atoms with E-state index >= 15 is 0 Å². The van der Waals surface area contributed by atoms with Gasteiger partial charge in [0.1, 0.15) is 0 Å². The molecule has 1 heterocycles. The SMILES string of the molecule is O=C(O)C1(c2ccc(N3CC4(CC4)C3)cc2)CC1. The Morgan fingerprint density at radius 1 is 1.06 bits per heavy atom. The maximum Gasteiger partial charge on any atom is 0.314 e. The average molecular weight is 243 g/mol. The maximum absolute atomic E-state index is 11.3. The van der Waals surface area contributed by atoms with Crippen molar-refractivity contribution >= 4 is 11.7 Å². The van der Waals surface area contributed by atoms with Crippen molar-refractivity contribution in [2.24, 2.45) is 5.41 Å². The molecule has 4 rings (SSSR count). The normalized spacial score (nSPS) is 25.7. The lowest BCUT2D eigenvalue weighted by atomic mass is 9.93. The molecule has 1 aromatic carbocycles. The van der Waals surface area contributed by atoms with Crippen molar-refractivity contribution in [1.29, 1.82) is 0 Å². The zero-order chi connectivity index (χ0) is 12.4. The summed E-state index contributed by atoms with van der Waals surface area (Å²) in [6.07, 6.45) is 4.36. The first kappa shape index (κ1) is 10.4. The van der Waals surface area contributed by atoms with Crippen LogP contribution >= 0.6 is 0 Å². The number of hydrogen-bond acceptors (Lipinski definition) is 2. The molecule has 0 atom stereocenters. The fourth-order valence-electron chi connectivity index (χ4n) is 3.18. The molecule has 1 aliphatic heterocycles. The second-order valence-corrected chi connectivity index (χ2v) is 6.29. The van der Waals surface area contributed by atoms with Crippen molar-refractivity contribution in [2.75, 3.05) is 18.0 Å². The molecule has 0 amide bonds. The molecule has 1 aromatic rings. The highest BCUT2D eigenvalue weighted by molar-refractivity contribution is 5.85. The van der Waals surface area contributed by atoms with Crippen LogP contribution < -0.4 is 4.90 Å². The molecule has 0 aromatic heterocycles. The predicted molar refractivity (Wildman–Crippen MR) is 68.9 cm³/mol. The fourth-order valence-corrected chi connectivity index (χ4v) is 3.18. The van der Waals surface area contributed by atoms with Crippen LogP contribution in [-0.2, 0) is 10.2 Å². The second kappa shape index (κ2) is 3.08. The van der Waals surface area contributed by atoms with Crippen LogP contribution in [0.25, 0.3) is 0 Å². The highest BCUT2D eigenvalue weighted by atomic mass is 16.4. The molecule has 0 unspecified atom stereocenters. The van der Waals surface area contributed by atoms with E-state index in [2.05, 4.69) is 17.0 Å². The summed E-state index contributed by atoms with van der Waals surface area (Å²) in [5.74, 6) is -0.670. The van der Waals surface area contributed by atoms with Crippen LogP contribution in [0.15, 0.2) is 24.3 Å². The van der Waals surface area contributed by atoms with Gasteiger partial charge in [0.25, 0.3) is 0 Å². The van der Waals surface area contributed by atoms with Gasteiger partial charge in [-0.3, -0.25) is 4.79 Å². The zero-order valence-electron chi connectivity index (χ0n) is 10.4. The van der Waals surface area contributed by atoms with E-state index in [0.29, 0.717) is 5.41 Å². The van der Waals surface area contributed by atoms with Crippen LogP contribution in [0, 0.1) is 5.41 Å². The van der Waals surface area contributed by atoms with Crippen LogP contribution in [0.5, 0.6) is 0 Å². The topological polar surface area (TPSA) is 40.5 Å². The largest absolute Gasteiger partial charge is 0.481 e. The summed E-state index contributed by atoms with van der Waals surface area (Å²) in [5, 5.41) is 9.26. The van der Waals surface area contributed by atoms with E-state index in [9.17, 15) is 9.90 Å². The summed E-state index contributed by atoms with van der Waals surface area (Å²) in [6, 6.07) is 8.20. The fraction of sp³-hybridized carbons (Fsp3) is 0.533. The third-order valence-corrected chi connectivity index (χ3v) is 4.95. The van der Waals surface area contributed by atoms with E-state index in [4.69, 9.17) is 0 Å². The van der Waals surface area contributed by atoms with Gasteiger partial charge in [0, 0.05) is 24.2 Å². The molecule has 2 saturated carbocycles. The molecule has 0 bridgehead atoms. The lowest BCUT2D eigenvalue weighted by molar-refractivity contribution is -0.140. The first-order valence-electron chi connectivity index (χ1n) is 6.73. The quantitative estimate of drug-likeness (QED) is 0.886. The second-order valence-electron chi connectivity index (χ2n) is 6.29. The van der Waals surface area contributed by atoms with E-state index in [1.807, 2.05) is 12.1 Å². The molecule has 3 aliphatic rings. The van der Waals surface area contributed by atoms with E-state index in [0.717, 1.165) is 18.4 Å². The van der Waals surface area contributed by atoms with Gasteiger partial charge in [-0.15, -0.1) is 0 Å². The Labute approximate surface area is 106 Å². The first-order valence-corrected chi connectivity index (χ1v) is 6.73. The van der Waals surface area contributed by atoms with Crippen LogP contribution in [0.3, 0.4) is 0 Å². The van der Waals surface area contributed by atoms with Gasteiger partial charge in [-0.1, -0.05) is 12.1 Å². The van der Waals surface area contributed by atoms with E-state index < -0.39 is 11.4 Å². The van der Waals surface area contributed by atoms with Crippen molar-refractivity contribution in [1.82, 2.24) is 0 Å². The molecular formula is C15H17NO2. The number of anilines is 1. The van der Waals surface area contributed by atoms with Gasteiger partial charge in [0.15, 0.2) is 0 Å². The molecule has 2 aliphatic carbocycles. The molecule has 0 radical (unpaired) electrons. The summed E-state index contributed by atoms with van der Waals surface area (Å²) in [4.78, 5) is 13.7. The van der Waals surface area contributed by atoms with E-state index in [-0.39, 0.29) is 0 Å². The number of carboxylic acids is 1. The lowest BCUT2D eigenvalue weighted by Crippen LogP contribution is -2.48. The molecule has 3 fully saturated rings. The van der Waals surface area contributed by atoms with E-state index in [1.54, 1.807) is 0 Å². The molecule has 3 heteroatoms. The van der Waals surface area contributed by atoms with Crippen LogP contribution in [0.4, 0.5) is 5.69 Å². The number of rotatable bonds is 3. The minimum absolute atomic E-state index is 0.564. The standard InChI is InChI=1S/C15H17NO2/c17-13(18)15(7-8-15)11-1-3-12(4-2-11)16-9-14(10-16)5-6-14/h1-4H,5-10H2,(H,17,18). The maximum atomic E-state index is 11.3. The van der Waals surface area contributed by atoms with Gasteiger partial charge < -0.3 is 10.0 Å². The van der Waals surface area contributed by atoms with E-state index in [1.165, 1.54) is 31.6 Å². The summed E-state index contributed by atoms with van der Waals surface area (Å²) in [5.41, 5.74) is 2.32. The number of aliphatic carboxylic acids is 1. The van der Waals surface area contributed by atoms with Crippen molar-refractivity contribution in [2.45, 2.75) is 31.1 Å². The van der Waals surface area contributed by atoms with Gasteiger partial charge in [0.2, 0.25) is 0 Å². The molecule has 18 heavy (non-hydrogen) atoms. The van der Waals surface area contributed by atoms with Crippen molar-refractivity contribution < 1.29 is 9.90 Å². The first-order chi connectivity index (χ1) is 8.64. The van der Waals surface area contributed by atoms with Gasteiger partial charge >= 0.3 is 5.97 Å². The van der Waals surface area contributed by atoms with Crippen molar-refractivity contribution in [3.05, 3.63) is 29.8 Å². The highest BCUT2D eigenvalue weighted by Crippen LogP contribution is 2.54. The molecule has 1 spiro atoms. The number of hydrogen-bond donors (Lipinski definition) is 1. The van der Waals surface area contributed by atoms with Gasteiger partial charge in [-0.25, -0.2) is 0 Å². The van der Waals surface area contributed by atoms with Crippen LogP contribution in [0.2, 0.25) is 0 Å². The van der Waals surface area contributed by atoms with Crippen LogP contribution in [-0.4, -0.2) is 24.2 Å². The predicted octanol–water partition coefficient (Wildman–Crippen LogP) is 2.40. The van der Waals surface area contributed by atoms with Crippen molar-refractivity contribution in [3.63, 3.8) is 0 Å². The lowest BCUT2D eigenvalue weighted by Gasteiger charge is -2.42. The number of carbonyl (C=O) groups is 1. The van der Waals surface area contributed by atoms with Gasteiger partial charge in [-0.2, -0.15) is 0 Å². The number of benzene rings is 1. The monoisotopic (exact) mass is 243 g/mol. The van der Waals surface area contributed by atoms with Crippen molar-refractivity contribution in [3.8, 4) is 0 Å². The molecular weight excluding hydrogens is 226 g/mol. The Bertz CT molecular complexity index is 504. The number of nitrogens with zero attached hydrogens (tertiary/aromatic N) is 1. The number of carboxylic acid groups (broad SMARTS) is 1. The third-order valence-electron chi connectivity index (χ3n) is 4.95. The smallest absolute Gasteiger partial charge is 0.314 e. The average Bonchev–Trinajstić information content (AvgIpc) is 3.20. The Kier molecular flexibility index (Phi) is 1.78. The Balaban J connectivity index is 1.53. The molecule has 1 saturated heterocycles. The summed E-state index contributed by atoms with van der Waals surface area (Å²) in [7, 11) is 0. The Morgan fingerprint density at radius 3 is 2.11 bits per heavy atom. The molecule has 1 N–H and O–H groups in total. The zero-order valence-corrected chi connectivity index (χ0v) is 10.4. The highest BCUT2D eigenvalue weighted by Gasteiger charge is 2.53. The summed E-state index contributed by atoms with van der Waals surface area (Å²) < 4.78 is 0. The third kappa shape index (κ3) is 1.33. The minimum Gasteiger partial charge on any atom is -0.481 e. The summed E-state index contributed by atoms with van der Waals surface area (Å²) >= 11 is 0. The van der Waals surface area contributed by atoms with Gasteiger partial charge in [0.05, 0.1) is 5.41 Å². The minimum atomic E-state index is -0.670. The van der Waals surface area contributed by atoms with Gasteiger partial charge in [-0.05, 0) is 43.4 Å². The van der Waals surface area contributed by atoms with Crippen LogP contribution in [0.1, 0.15) is 31.2 Å². The Hall–Kier alpha value is -1.51. The Morgan fingerprint density at radius 2 is 1.67 bits per heavy atom.